The lowest BCUT2D eigenvalue weighted by Crippen LogP contribution is -2.41. The minimum Gasteiger partial charge on any atom is -0.496 e. The predicted octanol–water partition coefficient (Wildman–Crippen LogP) is 0.318. The molecule has 21 heavy (non-hydrogen) atoms. The molecule has 0 radical (unpaired) electrons. The Labute approximate surface area is 122 Å². The van der Waals surface area contributed by atoms with Crippen molar-refractivity contribution in [2.24, 2.45) is 13.0 Å². The topological polar surface area (TPSA) is 65.3 Å². The second-order valence-electron chi connectivity index (χ2n) is 5.47. The zero-order valence-electron chi connectivity index (χ0n) is 12.3. The first-order chi connectivity index (χ1) is 10.1. The Hall–Kier alpha value is -2.08. The van der Waals surface area contributed by atoms with Gasteiger partial charge in [-0.1, -0.05) is 6.07 Å². The van der Waals surface area contributed by atoms with Crippen LogP contribution in [0.25, 0.3) is 10.9 Å². The van der Waals surface area contributed by atoms with E-state index in [1.807, 2.05) is 0 Å². The highest BCUT2D eigenvalue weighted by Crippen LogP contribution is 2.20. The maximum atomic E-state index is 12.7. The zero-order chi connectivity index (χ0) is 15.0. The summed E-state index contributed by atoms with van der Waals surface area (Å²) in [6, 6.07) is 5.29. The van der Waals surface area contributed by atoms with Gasteiger partial charge in [0.05, 0.1) is 12.6 Å². The molecule has 6 nitrogen and oxygen atoms in total. The summed E-state index contributed by atoms with van der Waals surface area (Å²) in [5, 5.41) is 3.72. The van der Waals surface area contributed by atoms with Crippen LogP contribution in [0.2, 0.25) is 0 Å². The zero-order valence-corrected chi connectivity index (χ0v) is 12.3. The van der Waals surface area contributed by atoms with Crippen LogP contribution >= 0.6 is 0 Å². The molecule has 6 heteroatoms. The monoisotopic (exact) mass is 289 g/mol. The van der Waals surface area contributed by atoms with Gasteiger partial charge in [0, 0.05) is 13.6 Å². The molecule has 0 saturated carbocycles. The van der Waals surface area contributed by atoms with Crippen LogP contribution in [0, 0.1) is 5.92 Å². The fraction of sp³-hybridized carbons (Fsp3) is 0.467. The van der Waals surface area contributed by atoms with Crippen LogP contribution < -0.4 is 21.3 Å². The average Bonchev–Trinajstić information content (AvgIpc) is 3.01. The minimum absolute atomic E-state index is 0.266. The molecule has 2 heterocycles. The molecule has 1 aliphatic heterocycles. The quantitative estimate of drug-likeness (QED) is 0.884. The molecule has 1 fully saturated rings. The molecule has 1 saturated heterocycles. The molecule has 1 aliphatic rings. The number of aromatic nitrogens is 2. The highest BCUT2D eigenvalue weighted by molar-refractivity contribution is 5.84. The van der Waals surface area contributed by atoms with Crippen molar-refractivity contribution < 1.29 is 4.74 Å². The van der Waals surface area contributed by atoms with E-state index in [1.165, 1.54) is 16.2 Å². The number of nitrogens with one attached hydrogen (secondary N) is 1. The van der Waals surface area contributed by atoms with Gasteiger partial charge in [0.2, 0.25) is 0 Å². The van der Waals surface area contributed by atoms with Crippen LogP contribution in [0.3, 0.4) is 0 Å². The molecule has 1 unspecified atom stereocenters. The maximum absolute atomic E-state index is 12.7. The summed E-state index contributed by atoms with van der Waals surface area (Å²) in [4.78, 5) is 25.2. The van der Waals surface area contributed by atoms with Gasteiger partial charge in [0.15, 0.2) is 0 Å². The van der Waals surface area contributed by atoms with E-state index in [2.05, 4.69) is 5.32 Å². The van der Waals surface area contributed by atoms with Gasteiger partial charge in [0.1, 0.15) is 11.1 Å². The first-order valence-corrected chi connectivity index (χ1v) is 7.10. The molecule has 0 amide bonds. The largest absolute Gasteiger partial charge is 0.496 e. The van der Waals surface area contributed by atoms with E-state index in [9.17, 15) is 9.59 Å². The molecule has 0 aliphatic carbocycles. The van der Waals surface area contributed by atoms with Crippen molar-refractivity contribution in [2.75, 3.05) is 20.2 Å². The minimum atomic E-state index is -0.271. The van der Waals surface area contributed by atoms with Gasteiger partial charge >= 0.3 is 5.69 Å². The fourth-order valence-corrected chi connectivity index (χ4v) is 2.98. The Balaban J connectivity index is 2.24. The second-order valence-corrected chi connectivity index (χ2v) is 5.47. The summed E-state index contributed by atoms with van der Waals surface area (Å²) in [5.74, 6) is 0.828. The summed E-state index contributed by atoms with van der Waals surface area (Å²) in [6.07, 6.45) is 0.986. The summed E-state index contributed by atoms with van der Waals surface area (Å²) < 4.78 is 8.14. The lowest BCUT2D eigenvalue weighted by atomic mass is 10.1. The van der Waals surface area contributed by atoms with E-state index >= 15 is 0 Å². The van der Waals surface area contributed by atoms with Crippen molar-refractivity contribution in [3.8, 4) is 5.75 Å². The number of rotatable bonds is 3. The summed E-state index contributed by atoms with van der Waals surface area (Å²) in [7, 11) is 3.22. The molecule has 112 valence electrons. The van der Waals surface area contributed by atoms with Gasteiger partial charge in [-0.15, -0.1) is 0 Å². The van der Waals surface area contributed by atoms with Crippen molar-refractivity contribution in [3.05, 3.63) is 39.0 Å². The number of ether oxygens (including phenoxy) is 1. The van der Waals surface area contributed by atoms with E-state index in [0.717, 1.165) is 19.5 Å². The third-order valence-electron chi connectivity index (χ3n) is 4.17. The van der Waals surface area contributed by atoms with Crippen LogP contribution in [0.4, 0.5) is 0 Å². The lowest BCUT2D eigenvalue weighted by Gasteiger charge is -2.15. The predicted molar refractivity (Wildman–Crippen MR) is 81.0 cm³/mol. The third-order valence-corrected chi connectivity index (χ3v) is 4.17. The van der Waals surface area contributed by atoms with Crippen molar-refractivity contribution in [1.82, 2.24) is 14.5 Å². The van der Waals surface area contributed by atoms with Crippen molar-refractivity contribution in [2.45, 2.75) is 13.0 Å². The maximum Gasteiger partial charge on any atom is 0.331 e. The highest BCUT2D eigenvalue weighted by Gasteiger charge is 2.20. The number of benzene rings is 1. The molecule has 3 rings (SSSR count). The molecular formula is C15H19N3O3. The van der Waals surface area contributed by atoms with Crippen LogP contribution in [0.15, 0.2) is 27.8 Å². The smallest absolute Gasteiger partial charge is 0.331 e. The number of methoxy groups -OCH3 is 1. The van der Waals surface area contributed by atoms with Crippen LogP contribution in [-0.2, 0) is 13.6 Å². The van der Waals surface area contributed by atoms with Crippen molar-refractivity contribution in [3.63, 3.8) is 0 Å². The fourth-order valence-electron chi connectivity index (χ4n) is 2.98. The standard InChI is InChI=1S/C15H19N3O3/c1-17-11-4-3-5-12(21-2)13(11)14(19)18(15(17)20)9-10-6-7-16-8-10/h3-5,10,16H,6-9H2,1-2H3. The van der Waals surface area contributed by atoms with Gasteiger partial charge in [-0.05, 0) is 37.6 Å². The summed E-state index contributed by atoms with van der Waals surface area (Å²) in [5.41, 5.74) is 0.0650. The molecule has 1 aromatic heterocycles. The first kappa shape index (κ1) is 13.9. The van der Waals surface area contributed by atoms with Gasteiger partial charge in [-0.3, -0.25) is 13.9 Å². The van der Waals surface area contributed by atoms with Crippen LogP contribution in [0.1, 0.15) is 6.42 Å². The number of hydrogen-bond donors (Lipinski definition) is 1. The van der Waals surface area contributed by atoms with E-state index < -0.39 is 0 Å². The van der Waals surface area contributed by atoms with Gasteiger partial charge in [0.25, 0.3) is 5.56 Å². The van der Waals surface area contributed by atoms with E-state index in [0.29, 0.717) is 29.1 Å². The van der Waals surface area contributed by atoms with Gasteiger partial charge < -0.3 is 10.1 Å². The Morgan fingerprint density at radius 3 is 2.86 bits per heavy atom. The summed E-state index contributed by atoms with van der Waals surface area (Å²) in [6.45, 7) is 2.24. The SMILES string of the molecule is COc1cccc2c1c(=O)n(CC1CCNC1)c(=O)n2C. The Morgan fingerprint density at radius 2 is 2.19 bits per heavy atom. The van der Waals surface area contributed by atoms with Gasteiger partial charge in [-0.2, -0.15) is 0 Å². The second kappa shape index (κ2) is 5.37. The molecule has 2 aromatic rings. The highest BCUT2D eigenvalue weighted by atomic mass is 16.5. The number of fused-ring (bicyclic) bond motifs is 1. The van der Waals surface area contributed by atoms with E-state index in [4.69, 9.17) is 4.74 Å². The van der Waals surface area contributed by atoms with E-state index in [1.54, 1.807) is 25.2 Å². The lowest BCUT2D eigenvalue weighted by molar-refractivity contribution is 0.416. The van der Waals surface area contributed by atoms with Crippen LogP contribution in [-0.4, -0.2) is 29.3 Å². The normalized spacial score (nSPS) is 18.3. The molecule has 1 N–H and O–H groups in total. The summed E-state index contributed by atoms with van der Waals surface area (Å²) >= 11 is 0. The number of hydrogen-bond acceptors (Lipinski definition) is 4. The molecule has 1 aromatic carbocycles. The molecular weight excluding hydrogens is 270 g/mol. The number of nitrogens with zero attached hydrogens (tertiary/aromatic N) is 2. The Kier molecular flexibility index (Phi) is 3.55. The molecule has 0 spiro atoms. The number of aryl methyl sites for hydroxylation is 1. The van der Waals surface area contributed by atoms with E-state index in [-0.39, 0.29) is 11.2 Å². The Bertz CT molecular complexity index is 785. The first-order valence-electron chi connectivity index (χ1n) is 7.10. The van der Waals surface area contributed by atoms with Crippen molar-refractivity contribution in [1.29, 1.82) is 0 Å². The third kappa shape index (κ3) is 2.25. The van der Waals surface area contributed by atoms with Crippen LogP contribution in [0.5, 0.6) is 5.75 Å². The molecule has 0 bridgehead atoms. The molecule has 1 atom stereocenters. The average molecular weight is 289 g/mol. The Morgan fingerprint density at radius 1 is 1.38 bits per heavy atom. The van der Waals surface area contributed by atoms with Gasteiger partial charge in [-0.25, -0.2) is 4.79 Å². The van der Waals surface area contributed by atoms with Crippen molar-refractivity contribution >= 4 is 10.9 Å².